The van der Waals surface area contributed by atoms with Crippen LogP contribution in [0.5, 0.6) is 11.5 Å². The Hall–Kier alpha value is -15.3. The lowest BCUT2D eigenvalue weighted by molar-refractivity contribution is 0.103. The number of methoxy groups -OCH3 is 2. The summed E-state index contributed by atoms with van der Waals surface area (Å²) in [4.78, 5) is 60.9. The minimum Gasteiger partial charge on any atom is -0.497 e. The molecule has 11 N–H and O–H groups in total. The first-order chi connectivity index (χ1) is 61.1. The predicted octanol–water partition coefficient (Wildman–Crippen LogP) is 18.4. The zero-order valence-corrected chi connectivity index (χ0v) is 70.5. The van der Waals surface area contributed by atoms with Crippen LogP contribution in [0.1, 0.15) is 141 Å². The number of allylic oxidation sites excluding steroid dienone is 5. The van der Waals surface area contributed by atoms with E-state index in [2.05, 4.69) is 51.0 Å². The maximum Gasteiger partial charge on any atom is 0.185 e. The summed E-state index contributed by atoms with van der Waals surface area (Å²) in [7, 11) is 3.09. The van der Waals surface area contributed by atoms with Gasteiger partial charge in [-0.3, -0.25) is 49.5 Å². The van der Waals surface area contributed by atoms with E-state index in [1.807, 2.05) is 229 Å². The number of hydrogen-bond acceptors (Lipinski definition) is 18. The molecule has 15 aromatic rings. The Morgan fingerprint density at radius 1 is 0.278 bits per heavy atom. The third-order valence-corrected chi connectivity index (χ3v) is 19.9. The van der Waals surface area contributed by atoms with E-state index in [1.54, 1.807) is 104 Å². The second-order valence-electron chi connectivity index (χ2n) is 29.2. The number of nitrogens with one attached hydrogen (secondary N) is 5. The number of H-pyrrole nitrogens is 5. The van der Waals surface area contributed by atoms with Crippen LogP contribution in [0, 0.1) is 34.6 Å². The lowest BCUT2D eigenvalue weighted by atomic mass is 10.0. The van der Waals surface area contributed by atoms with Crippen molar-refractivity contribution in [3.05, 3.63) is 403 Å². The van der Waals surface area contributed by atoms with Crippen molar-refractivity contribution in [1.29, 1.82) is 0 Å². The Bertz CT molecular complexity index is 6280. The van der Waals surface area contributed by atoms with Crippen LogP contribution in [-0.2, 0) is 39.6 Å². The lowest BCUT2D eigenvalue weighted by Gasteiger charge is -2.12. The summed E-state index contributed by atoms with van der Waals surface area (Å²) < 4.78 is 10.6. The average Bonchev–Trinajstić information content (AvgIpc) is 1.45. The van der Waals surface area contributed by atoms with Gasteiger partial charge in [0.1, 0.15) is 11.5 Å². The highest BCUT2D eigenvalue weighted by Crippen LogP contribution is 2.32. The molecule has 0 radical (unpaired) electrons. The van der Waals surface area contributed by atoms with Gasteiger partial charge in [-0.25, -0.2) is 0 Å². The molecule has 10 aromatic carbocycles. The highest BCUT2D eigenvalue weighted by Gasteiger charge is 2.16. The molecule has 0 aliphatic heterocycles. The highest BCUT2D eigenvalue weighted by molar-refractivity contribution is 6.09. The molecule has 5 heterocycles. The molecule has 0 fully saturated rings. The van der Waals surface area contributed by atoms with E-state index < -0.39 is 0 Å². The van der Waals surface area contributed by atoms with Crippen LogP contribution >= 0.6 is 0 Å². The van der Waals surface area contributed by atoms with Crippen LogP contribution in [0.4, 0.5) is 0 Å². The van der Waals surface area contributed by atoms with Gasteiger partial charge in [-0.05, 0) is 190 Å². The van der Waals surface area contributed by atoms with Gasteiger partial charge in [0.05, 0.1) is 111 Å². The molecular formula is C103H96N10O13. The van der Waals surface area contributed by atoms with Crippen molar-refractivity contribution >= 4 is 59.3 Å². The monoisotopic (exact) mass is 1680 g/mol. The van der Waals surface area contributed by atoms with Crippen LogP contribution in [0.15, 0.2) is 285 Å². The quantitative estimate of drug-likeness (QED) is 0.0160. The number of benzene rings is 10. The van der Waals surface area contributed by atoms with E-state index in [-0.39, 0.29) is 68.6 Å². The molecule has 0 aliphatic rings. The topological polar surface area (TPSA) is 369 Å². The summed E-state index contributed by atoms with van der Waals surface area (Å²) >= 11 is 0. The lowest BCUT2D eigenvalue weighted by Crippen LogP contribution is -1.99. The number of aromatic nitrogens is 10. The summed E-state index contributed by atoms with van der Waals surface area (Å²) in [5.41, 5.74) is 24.7. The molecule has 0 saturated heterocycles. The number of hydrogen-bond donors (Lipinski definition) is 11. The van der Waals surface area contributed by atoms with E-state index in [4.69, 9.17) is 14.6 Å². The fourth-order valence-corrected chi connectivity index (χ4v) is 12.6. The Morgan fingerprint density at radius 3 is 0.905 bits per heavy atom. The molecule has 23 nitrogen and oxygen atoms in total. The minimum atomic E-state index is -0.227. The fraction of sp³-hybridized carbons (Fsp3) is 0.126. The van der Waals surface area contributed by atoms with Gasteiger partial charge >= 0.3 is 0 Å². The molecule has 0 amide bonds. The fourth-order valence-electron chi connectivity index (χ4n) is 12.6. The number of aliphatic hydroxyl groups excluding tert-OH is 6. The molecule has 5 aromatic heterocycles. The van der Waals surface area contributed by atoms with Crippen molar-refractivity contribution in [3.8, 4) is 67.8 Å². The highest BCUT2D eigenvalue weighted by atomic mass is 16.5. The first-order valence-electron chi connectivity index (χ1n) is 40.2. The summed E-state index contributed by atoms with van der Waals surface area (Å²) in [6, 6.07) is 78.4. The second-order valence-corrected chi connectivity index (χ2v) is 29.2. The molecule has 636 valence electrons. The molecule has 0 spiro atoms. The SMILES string of the molecule is COc1cc(-c2cc(/C=C/C(=O)c3ccc(C)cc3)[nH]n2)cc(CO)c1CO.COc1cc(CO)cc(-c2cc(/C=C/C(=O)c3ccc(C)cc3)[nH]n2)c1.Cc1ccc(C(=O)/C=C/c2cc(-c3ccc(CO)c(CO)c3)n[nH]2)cc1.Cc1ccc(C(=O)/C=C/c2cc(-c3ccc(CO)cc3)n[nH]2)cc1.Cc1ccc(C(=O)/C=C/c2cc(-c3ccccc3)n[nH]2)cc1. The summed E-state index contributed by atoms with van der Waals surface area (Å²) in [6.45, 7) is 9.16. The first-order valence-corrected chi connectivity index (χ1v) is 40.2. The number of carbonyl (C=O) groups excluding carboxylic acids is 5. The van der Waals surface area contributed by atoms with Gasteiger partial charge < -0.3 is 40.1 Å². The number of rotatable bonds is 28. The summed E-state index contributed by atoms with van der Waals surface area (Å²) in [6.07, 6.45) is 16.2. The van der Waals surface area contributed by atoms with Crippen LogP contribution in [0.25, 0.3) is 86.7 Å². The standard InChI is InChI=1S/C22H22N2O4.2C21H20N2O3.C20H18N2O2.C19H16N2O/c1-14-3-5-15(6-4-14)21(27)8-7-18-11-20(24-23-18)16-9-17(12-25)19(13-26)22(10-16)28-2;1-14-3-5-16(6-4-14)21(25)8-7-18-12-20(23-22-18)17-9-15(13-24)10-19(11-17)26-2;1-14-2-4-15(5-3-14)21(26)9-8-19-11-20(23-22-19)16-6-7-17(12-24)18(10-16)13-25;1-14-2-6-17(7-3-14)20(24)11-10-18-12-19(22-21-18)16-8-4-15(13-23)5-9-16;1-14-7-9-16(10-8-14)19(22)12-11-17-13-18(21-20-17)15-5-3-2-4-6-15/h3-11,25-26H,12-13H2,1-2H3,(H,23,24);3-12,24H,13H2,1-2H3,(H,22,23);2-11,24-25H,12-13H2,1H3,(H,22,23);2-12,23H,13H2,1H3,(H,21,22);2-13H,1H3,(H,20,21)/b2*8-7+;9-8+;11-10+;12-11+. The van der Waals surface area contributed by atoms with E-state index in [0.29, 0.717) is 95.7 Å². The van der Waals surface area contributed by atoms with Crippen LogP contribution in [0.3, 0.4) is 0 Å². The molecule has 0 bridgehead atoms. The molecular weight excluding hydrogens is 1590 g/mol. The van der Waals surface area contributed by atoms with Crippen LogP contribution in [0.2, 0.25) is 0 Å². The molecule has 0 aliphatic carbocycles. The molecule has 0 atom stereocenters. The first kappa shape index (κ1) is 91.4. The van der Waals surface area contributed by atoms with Crippen molar-refractivity contribution in [2.45, 2.75) is 74.3 Å². The van der Waals surface area contributed by atoms with Crippen molar-refractivity contribution < 1.29 is 64.1 Å². The Morgan fingerprint density at radius 2 is 0.587 bits per heavy atom. The Kier molecular flexibility index (Phi) is 33.0. The van der Waals surface area contributed by atoms with Gasteiger partial charge in [0.15, 0.2) is 28.9 Å². The minimum absolute atomic E-state index is 0.0177. The smallest absolute Gasteiger partial charge is 0.185 e. The van der Waals surface area contributed by atoms with Crippen molar-refractivity contribution in [3.63, 3.8) is 0 Å². The number of aryl methyl sites for hydroxylation is 5. The maximum atomic E-state index is 12.3. The molecule has 0 unspecified atom stereocenters. The number of aliphatic hydroxyl groups is 6. The van der Waals surface area contributed by atoms with E-state index in [9.17, 15) is 49.5 Å². The zero-order chi connectivity index (χ0) is 89.4. The zero-order valence-electron chi connectivity index (χ0n) is 70.5. The largest absolute Gasteiger partial charge is 0.497 e. The Labute approximate surface area is 729 Å². The van der Waals surface area contributed by atoms with E-state index in [0.717, 1.165) is 89.5 Å². The maximum absolute atomic E-state index is 12.3. The van der Waals surface area contributed by atoms with Crippen LogP contribution in [-0.4, -0.2) is 125 Å². The van der Waals surface area contributed by atoms with Gasteiger partial charge in [0, 0.05) is 61.2 Å². The van der Waals surface area contributed by atoms with Gasteiger partial charge in [-0.2, -0.15) is 25.5 Å². The third-order valence-electron chi connectivity index (χ3n) is 19.9. The molecule has 23 heteroatoms. The average molecular weight is 1680 g/mol. The van der Waals surface area contributed by atoms with Gasteiger partial charge in [-0.15, -0.1) is 0 Å². The molecule has 15 rings (SSSR count). The predicted molar refractivity (Wildman–Crippen MR) is 491 cm³/mol. The van der Waals surface area contributed by atoms with Crippen molar-refractivity contribution in [2.24, 2.45) is 0 Å². The van der Waals surface area contributed by atoms with Gasteiger partial charge in [-0.1, -0.05) is 216 Å². The van der Waals surface area contributed by atoms with E-state index in [1.165, 1.54) is 31.4 Å². The number of ketones is 5. The molecule has 0 saturated carbocycles. The second kappa shape index (κ2) is 45.5. The Balaban J connectivity index is 0.000000153. The van der Waals surface area contributed by atoms with Crippen LogP contribution < -0.4 is 9.47 Å². The van der Waals surface area contributed by atoms with Crippen molar-refractivity contribution in [2.75, 3.05) is 14.2 Å². The number of nitrogens with zero attached hydrogens (tertiary/aromatic N) is 5. The van der Waals surface area contributed by atoms with Crippen molar-refractivity contribution in [1.82, 2.24) is 51.0 Å². The summed E-state index contributed by atoms with van der Waals surface area (Å²) in [5, 5.41) is 92.0. The normalized spacial score (nSPS) is 11.1. The summed E-state index contributed by atoms with van der Waals surface area (Å²) in [5.74, 6) is 0.850. The van der Waals surface area contributed by atoms with Gasteiger partial charge in [0.2, 0.25) is 0 Å². The number of carbonyl (C=O) groups is 5. The number of ether oxygens (including phenoxy) is 2. The molecule has 126 heavy (non-hydrogen) atoms. The van der Waals surface area contributed by atoms with E-state index >= 15 is 0 Å². The number of aromatic amines is 5. The van der Waals surface area contributed by atoms with Gasteiger partial charge in [0.25, 0.3) is 0 Å². The third kappa shape index (κ3) is 26.1.